The number of halogens is 1. The van der Waals surface area contributed by atoms with Gasteiger partial charge >= 0.3 is 6.09 Å². The van der Waals surface area contributed by atoms with Crippen LogP contribution in [0.5, 0.6) is 0 Å². The van der Waals surface area contributed by atoms with Crippen LogP contribution in [0, 0.1) is 0 Å². The summed E-state index contributed by atoms with van der Waals surface area (Å²) in [6.45, 7) is 0.680. The fraction of sp³-hybridized carbons (Fsp3) is 0.450. The number of benzene rings is 1. The number of nitrogens with one attached hydrogen (secondary N) is 2. The van der Waals surface area contributed by atoms with Gasteiger partial charge in [-0.25, -0.2) is 4.79 Å². The average Bonchev–Trinajstić information content (AvgIpc) is 3.05. The molecule has 1 fully saturated rings. The van der Waals surface area contributed by atoms with Gasteiger partial charge < -0.3 is 30.8 Å². The summed E-state index contributed by atoms with van der Waals surface area (Å²) in [6.07, 6.45) is 1.35. The highest BCUT2D eigenvalue weighted by atomic mass is 35.5. The number of aliphatic hydroxyl groups is 1. The van der Waals surface area contributed by atoms with Gasteiger partial charge in [0.25, 0.3) is 5.91 Å². The number of unbranched alkanes of at least 4 members (excludes halogenated alkanes) is 1. The number of ether oxygens (including phenoxy) is 1. The third kappa shape index (κ3) is 5.03. The number of aliphatic hydroxyl groups excluding tert-OH is 1. The molecule has 9 nitrogen and oxygen atoms in total. The topological polar surface area (TPSA) is 138 Å². The van der Waals surface area contributed by atoms with Gasteiger partial charge in [-0.3, -0.25) is 9.59 Å². The molecule has 3 amide bonds. The lowest BCUT2D eigenvalue weighted by Crippen LogP contribution is -2.60. The van der Waals surface area contributed by atoms with E-state index in [1.54, 1.807) is 6.20 Å². The lowest BCUT2D eigenvalue weighted by Gasteiger charge is -2.41. The molecule has 2 heterocycles. The highest BCUT2D eigenvalue weighted by Crippen LogP contribution is 2.24. The van der Waals surface area contributed by atoms with Gasteiger partial charge in [0.15, 0.2) is 6.10 Å². The van der Waals surface area contributed by atoms with Gasteiger partial charge in [0.05, 0.1) is 5.02 Å². The molecular weight excluding hydrogens is 412 g/mol. The number of hydrogen-bond donors (Lipinski definition) is 4. The number of H-pyrrole nitrogens is 1. The Morgan fingerprint density at radius 2 is 2.17 bits per heavy atom. The van der Waals surface area contributed by atoms with Gasteiger partial charge in [-0.15, -0.1) is 0 Å². The van der Waals surface area contributed by atoms with E-state index in [9.17, 15) is 14.4 Å². The van der Waals surface area contributed by atoms with Crippen LogP contribution >= 0.6 is 11.6 Å². The van der Waals surface area contributed by atoms with Crippen molar-refractivity contribution >= 4 is 40.4 Å². The number of likely N-dealkylation sites (tertiary alicyclic amines) is 1. The summed E-state index contributed by atoms with van der Waals surface area (Å²) in [5.41, 5.74) is 6.86. The summed E-state index contributed by atoms with van der Waals surface area (Å²) >= 11 is 6.13. The predicted octanol–water partition coefficient (Wildman–Crippen LogP) is 1.66. The van der Waals surface area contributed by atoms with Crippen molar-refractivity contribution in [3.05, 3.63) is 35.0 Å². The minimum absolute atomic E-state index is 0.0218. The second-order valence-corrected chi connectivity index (χ2v) is 7.62. The number of rotatable bonds is 9. The number of amides is 3. The van der Waals surface area contributed by atoms with Gasteiger partial charge in [0, 0.05) is 36.8 Å². The van der Waals surface area contributed by atoms with Crippen molar-refractivity contribution in [2.45, 2.75) is 44.4 Å². The zero-order valence-electron chi connectivity index (χ0n) is 16.4. The fourth-order valence-electron chi connectivity index (χ4n) is 3.47. The fourth-order valence-corrected chi connectivity index (χ4v) is 3.68. The summed E-state index contributed by atoms with van der Waals surface area (Å²) in [6, 6.07) is 5.06. The van der Waals surface area contributed by atoms with Crippen LogP contribution in [0.4, 0.5) is 4.79 Å². The molecule has 1 saturated heterocycles. The zero-order chi connectivity index (χ0) is 21.7. The van der Waals surface area contributed by atoms with Gasteiger partial charge in [-0.05, 0) is 43.4 Å². The molecule has 1 aliphatic heterocycles. The van der Waals surface area contributed by atoms with E-state index in [-0.39, 0.29) is 18.9 Å². The number of carbonyl (C=O) groups excluding carboxylic acids is 3. The summed E-state index contributed by atoms with van der Waals surface area (Å²) in [4.78, 5) is 40.9. The first-order chi connectivity index (χ1) is 14.4. The van der Waals surface area contributed by atoms with Gasteiger partial charge in [0.1, 0.15) is 6.04 Å². The van der Waals surface area contributed by atoms with E-state index in [0.29, 0.717) is 37.4 Å². The standard InChI is InChI=1S/C20H25ClN4O5/c21-14-11-23-15-5-4-12(9-13(14)15)10-24-18(27)16-6-7-25(16)19(28)17(30-20(22)29)3-1-2-8-26/h4-5,9,11,16-17,23,26H,1-3,6-8,10H2,(H2,22,29)(H,24,27)/t16-,17+/m0/s1. The Kier molecular flexibility index (Phi) is 7.17. The van der Waals surface area contributed by atoms with E-state index in [1.807, 2.05) is 18.2 Å². The Morgan fingerprint density at radius 1 is 1.37 bits per heavy atom. The number of primary amides is 1. The predicted molar refractivity (Wildman–Crippen MR) is 111 cm³/mol. The maximum Gasteiger partial charge on any atom is 0.405 e. The van der Waals surface area contributed by atoms with Crippen molar-refractivity contribution in [3.63, 3.8) is 0 Å². The number of aromatic amines is 1. The van der Waals surface area contributed by atoms with Crippen LogP contribution in [0.3, 0.4) is 0 Å². The highest BCUT2D eigenvalue weighted by molar-refractivity contribution is 6.35. The number of nitrogens with zero attached hydrogens (tertiary/aromatic N) is 1. The Hall–Kier alpha value is -2.78. The molecule has 0 aliphatic carbocycles. The summed E-state index contributed by atoms with van der Waals surface area (Å²) in [5, 5.41) is 13.2. The van der Waals surface area contributed by atoms with E-state index in [2.05, 4.69) is 10.3 Å². The molecule has 0 saturated carbocycles. The van der Waals surface area contributed by atoms with Crippen LogP contribution in [0.2, 0.25) is 5.02 Å². The van der Waals surface area contributed by atoms with Crippen LogP contribution in [0.25, 0.3) is 10.9 Å². The maximum absolute atomic E-state index is 12.7. The molecule has 30 heavy (non-hydrogen) atoms. The molecule has 2 atom stereocenters. The van der Waals surface area contributed by atoms with Crippen LogP contribution in [-0.2, 0) is 20.9 Å². The molecule has 1 aromatic heterocycles. The van der Waals surface area contributed by atoms with Crippen molar-refractivity contribution in [2.24, 2.45) is 5.73 Å². The largest absolute Gasteiger partial charge is 0.436 e. The van der Waals surface area contributed by atoms with Gasteiger partial charge in [0.2, 0.25) is 5.91 Å². The van der Waals surface area contributed by atoms with Gasteiger partial charge in [-0.1, -0.05) is 17.7 Å². The molecule has 10 heteroatoms. The quantitative estimate of drug-likeness (QED) is 0.443. The Bertz CT molecular complexity index is 931. The number of carbonyl (C=O) groups is 3. The number of nitrogens with two attached hydrogens (primary N) is 1. The Morgan fingerprint density at radius 3 is 2.83 bits per heavy atom. The van der Waals surface area contributed by atoms with Crippen molar-refractivity contribution < 1.29 is 24.2 Å². The van der Waals surface area contributed by atoms with E-state index >= 15 is 0 Å². The van der Waals surface area contributed by atoms with Crippen molar-refractivity contribution in [1.82, 2.24) is 15.2 Å². The normalized spacial score (nSPS) is 16.7. The van der Waals surface area contributed by atoms with E-state index in [4.69, 9.17) is 27.2 Å². The van der Waals surface area contributed by atoms with Crippen LogP contribution < -0.4 is 11.1 Å². The second-order valence-electron chi connectivity index (χ2n) is 7.22. The molecule has 162 valence electrons. The number of fused-ring (bicyclic) bond motifs is 1. The highest BCUT2D eigenvalue weighted by Gasteiger charge is 2.41. The molecular formula is C20H25ClN4O5. The Labute approximate surface area is 178 Å². The molecule has 5 N–H and O–H groups in total. The van der Waals surface area contributed by atoms with Crippen molar-refractivity contribution in [1.29, 1.82) is 0 Å². The first-order valence-electron chi connectivity index (χ1n) is 9.81. The van der Waals surface area contributed by atoms with Crippen molar-refractivity contribution in [3.8, 4) is 0 Å². The van der Waals surface area contributed by atoms with E-state index < -0.39 is 24.1 Å². The lowest BCUT2D eigenvalue weighted by molar-refractivity contribution is -0.154. The molecule has 0 spiro atoms. The number of hydrogen-bond acceptors (Lipinski definition) is 5. The minimum Gasteiger partial charge on any atom is -0.436 e. The summed E-state index contributed by atoms with van der Waals surface area (Å²) in [7, 11) is 0. The summed E-state index contributed by atoms with van der Waals surface area (Å²) < 4.78 is 4.94. The first kappa shape index (κ1) is 21.9. The van der Waals surface area contributed by atoms with E-state index in [0.717, 1.165) is 16.5 Å². The summed E-state index contributed by atoms with van der Waals surface area (Å²) in [5.74, 6) is -0.721. The second kappa shape index (κ2) is 9.82. The van der Waals surface area contributed by atoms with Crippen molar-refractivity contribution in [2.75, 3.05) is 13.2 Å². The minimum atomic E-state index is -1.05. The first-order valence-corrected chi connectivity index (χ1v) is 10.2. The molecule has 0 unspecified atom stereocenters. The van der Waals surface area contributed by atoms with Gasteiger partial charge in [-0.2, -0.15) is 0 Å². The van der Waals surface area contributed by atoms with Crippen LogP contribution in [-0.4, -0.2) is 58.2 Å². The number of aromatic nitrogens is 1. The third-order valence-corrected chi connectivity index (χ3v) is 5.49. The molecule has 0 radical (unpaired) electrons. The SMILES string of the molecule is NC(=O)O[C@H](CCCCO)C(=O)N1CC[C@H]1C(=O)NCc1ccc2[nH]cc(Cl)c2c1. The smallest absolute Gasteiger partial charge is 0.405 e. The van der Waals surface area contributed by atoms with Crippen LogP contribution in [0.15, 0.2) is 24.4 Å². The lowest BCUT2D eigenvalue weighted by atomic mass is 9.99. The molecule has 1 aliphatic rings. The molecule has 2 aromatic rings. The Balaban J connectivity index is 1.57. The monoisotopic (exact) mass is 436 g/mol. The third-order valence-electron chi connectivity index (χ3n) is 5.18. The molecule has 1 aromatic carbocycles. The van der Waals surface area contributed by atoms with E-state index in [1.165, 1.54) is 4.90 Å². The zero-order valence-corrected chi connectivity index (χ0v) is 17.2. The van der Waals surface area contributed by atoms with Crippen LogP contribution in [0.1, 0.15) is 31.2 Å². The maximum atomic E-state index is 12.7. The molecule has 3 rings (SSSR count). The average molecular weight is 437 g/mol. The molecule has 0 bridgehead atoms.